The lowest BCUT2D eigenvalue weighted by molar-refractivity contribution is -0.351. The summed E-state index contributed by atoms with van der Waals surface area (Å²) < 4.78 is 0. The Morgan fingerprint density at radius 1 is 2.00 bits per heavy atom. The van der Waals surface area contributed by atoms with E-state index in [4.69, 9.17) is 5.73 Å². The van der Waals surface area contributed by atoms with Crippen LogP contribution in [-0.2, 0) is 0 Å². The van der Waals surface area contributed by atoms with Crippen LogP contribution in [0.3, 0.4) is 0 Å². The van der Waals surface area contributed by atoms with Crippen molar-refractivity contribution in [1.29, 1.82) is 0 Å². The highest BCUT2D eigenvalue weighted by atomic mass is 16.6. The maximum atomic E-state index is 9.76. The monoisotopic (exact) mass is 117 g/mol. The van der Waals surface area contributed by atoms with Crippen LogP contribution in [0.2, 0.25) is 0 Å². The molecule has 5 nitrogen and oxygen atoms in total. The third-order valence-corrected chi connectivity index (χ3v) is 0.651. The maximum absolute atomic E-state index is 9.76. The van der Waals surface area contributed by atoms with Gasteiger partial charge in [0.05, 0.1) is 0 Å². The lowest BCUT2D eigenvalue weighted by atomic mass is 10.6. The van der Waals surface area contributed by atoms with Crippen molar-refractivity contribution in [3.8, 4) is 0 Å². The van der Waals surface area contributed by atoms with Crippen molar-refractivity contribution < 1.29 is 4.92 Å². The second-order valence-corrected chi connectivity index (χ2v) is 1.10. The van der Waals surface area contributed by atoms with Crippen LogP contribution in [0.15, 0.2) is 4.99 Å². The van der Waals surface area contributed by atoms with Crippen molar-refractivity contribution in [2.24, 2.45) is 10.7 Å². The van der Waals surface area contributed by atoms with Gasteiger partial charge in [-0.05, 0) is 4.92 Å². The van der Waals surface area contributed by atoms with Crippen molar-refractivity contribution >= 4 is 5.84 Å². The molecule has 0 heterocycles. The number of amidine groups is 1. The molecule has 0 bridgehead atoms. The van der Waals surface area contributed by atoms with Gasteiger partial charge in [-0.25, -0.2) is 0 Å². The van der Waals surface area contributed by atoms with Gasteiger partial charge in [0.2, 0.25) is 0 Å². The van der Waals surface area contributed by atoms with E-state index in [1.54, 1.807) is 0 Å². The van der Waals surface area contributed by atoms with Gasteiger partial charge in [-0.3, -0.25) is 0 Å². The SMILES string of the molecule is CN=C(CN)[N+](=O)[O-]. The second-order valence-electron chi connectivity index (χ2n) is 1.10. The zero-order chi connectivity index (χ0) is 6.57. The molecule has 0 radical (unpaired) electrons. The van der Waals surface area contributed by atoms with Gasteiger partial charge < -0.3 is 15.8 Å². The molecule has 5 heteroatoms. The fraction of sp³-hybridized carbons (Fsp3) is 0.667. The van der Waals surface area contributed by atoms with Crippen LogP contribution >= 0.6 is 0 Å². The summed E-state index contributed by atoms with van der Waals surface area (Å²) in [6.07, 6.45) is 0. The molecule has 0 aliphatic rings. The molecule has 46 valence electrons. The van der Waals surface area contributed by atoms with Crippen molar-refractivity contribution in [3.63, 3.8) is 0 Å². The Morgan fingerprint density at radius 2 is 2.50 bits per heavy atom. The highest BCUT2D eigenvalue weighted by molar-refractivity contribution is 5.75. The van der Waals surface area contributed by atoms with E-state index in [1.807, 2.05) is 0 Å². The summed E-state index contributed by atoms with van der Waals surface area (Å²) >= 11 is 0. The molecular formula is C3H7N3O2. The first kappa shape index (κ1) is 7.03. The molecule has 0 aromatic rings. The van der Waals surface area contributed by atoms with E-state index >= 15 is 0 Å². The Labute approximate surface area is 46.4 Å². The molecule has 0 atom stereocenters. The van der Waals surface area contributed by atoms with Gasteiger partial charge >= 0.3 is 5.84 Å². The van der Waals surface area contributed by atoms with Gasteiger partial charge in [0.1, 0.15) is 13.6 Å². The van der Waals surface area contributed by atoms with Gasteiger partial charge in [-0.1, -0.05) is 4.99 Å². The van der Waals surface area contributed by atoms with Crippen LogP contribution in [0.5, 0.6) is 0 Å². The summed E-state index contributed by atoms with van der Waals surface area (Å²) in [5.41, 5.74) is 4.91. The predicted molar refractivity (Wildman–Crippen MR) is 29.4 cm³/mol. The van der Waals surface area contributed by atoms with E-state index in [-0.39, 0.29) is 12.4 Å². The fourth-order valence-electron chi connectivity index (χ4n) is 0.247. The van der Waals surface area contributed by atoms with Crippen LogP contribution < -0.4 is 5.73 Å². The molecule has 0 aromatic carbocycles. The van der Waals surface area contributed by atoms with Gasteiger partial charge in [-0.15, -0.1) is 0 Å². The third-order valence-electron chi connectivity index (χ3n) is 0.651. The van der Waals surface area contributed by atoms with E-state index in [2.05, 4.69) is 4.99 Å². The molecule has 0 aliphatic carbocycles. The largest absolute Gasteiger partial charge is 0.358 e. The number of hydrogen-bond donors (Lipinski definition) is 1. The van der Waals surface area contributed by atoms with Crippen LogP contribution in [0.25, 0.3) is 0 Å². The molecule has 0 amide bonds. The molecule has 0 saturated carbocycles. The molecule has 2 N–H and O–H groups in total. The Kier molecular flexibility index (Phi) is 2.71. The average Bonchev–Trinajstić information content (AvgIpc) is 1.69. The van der Waals surface area contributed by atoms with Crippen molar-refractivity contribution in [2.75, 3.05) is 13.6 Å². The number of nitrogens with two attached hydrogens (primary N) is 1. The van der Waals surface area contributed by atoms with Crippen molar-refractivity contribution in [2.45, 2.75) is 0 Å². The highest BCUT2D eigenvalue weighted by Crippen LogP contribution is 1.72. The lowest BCUT2D eigenvalue weighted by Gasteiger charge is -1.89. The van der Waals surface area contributed by atoms with Gasteiger partial charge in [-0.2, -0.15) is 0 Å². The molecule has 0 aromatic heterocycles. The molecule has 0 saturated heterocycles. The summed E-state index contributed by atoms with van der Waals surface area (Å²) in [6.45, 7) is -0.108. The number of nitrogens with zero attached hydrogens (tertiary/aromatic N) is 2. The minimum absolute atomic E-state index is 0.108. The average molecular weight is 117 g/mol. The second kappa shape index (κ2) is 3.09. The van der Waals surface area contributed by atoms with E-state index in [9.17, 15) is 10.1 Å². The Morgan fingerprint density at radius 3 is 2.50 bits per heavy atom. The summed E-state index contributed by atoms with van der Waals surface area (Å²) in [7, 11) is 1.34. The molecule has 0 aliphatic heterocycles. The Balaban J connectivity index is 3.92. The van der Waals surface area contributed by atoms with E-state index < -0.39 is 4.92 Å². The van der Waals surface area contributed by atoms with Crippen molar-refractivity contribution in [3.05, 3.63) is 10.1 Å². The minimum Gasteiger partial charge on any atom is -0.358 e. The standard InChI is InChI=1S/C3H7N3O2/c1-5-3(2-4)6(7)8/h2,4H2,1H3. The Hall–Kier alpha value is -0.970. The number of rotatable bonds is 1. The van der Waals surface area contributed by atoms with Crippen LogP contribution in [0, 0.1) is 10.1 Å². The third kappa shape index (κ3) is 1.65. The number of aliphatic imine (C=N–C) groups is 1. The maximum Gasteiger partial charge on any atom is 0.346 e. The number of hydrogen-bond acceptors (Lipinski definition) is 4. The van der Waals surface area contributed by atoms with Crippen LogP contribution in [0.4, 0.5) is 0 Å². The first-order valence-electron chi connectivity index (χ1n) is 2.02. The Bertz CT molecular complexity index is 120. The number of nitro groups is 1. The molecule has 0 fully saturated rings. The fourth-order valence-corrected chi connectivity index (χ4v) is 0.247. The van der Waals surface area contributed by atoms with Crippen LogP contribution in [0.1, 0.15) is 0 Å². The van der Waals surface area contributed by atoms with E-state index in [0.29, 0.717) is 0 Å². The minimum atomic E-state index is -0.597. The van der Waals surface area contributed by atoms with Gasteiger partial charge in [0, 0.05) is 0 Å². The summed E-state index contributed by atoms with van der Waals surface area (Å²) in [5.74, 6) is -0.190. The highest BCUT2D eigenvalue weighted by Gasteiger charge is 2.03. The normalized spacial score (nSPS) is 11.5. The van der Waals surface area contributed by atoms with Crippen LogP contribution in [-0.4, -0.2) is 24.4 Å². The topological polar surface area (TPSA) is 81.5 Å². The molecule has 0 unspecified atom stereocenters. The quantitative estimate of drug-likeness (QED) is 0.212. The van der Waals surface area contributed by atoms with Gasteiger partial charge in [0.15, 0.2) is 0 Å². The molecule has 0 rings (SSSR count). The zero-order valence-corrected chi connectivity index (χ0v) is 4.50. The molecular weight excluding hydrogens is 110 g/mol. The lowest BCUT2D eigenvalue weighted by Crippen LogP contribution is -2.22. The zero-order valence-electron chi connectivity index (χ0n) is 4.50. The smallest absolute Gasteiger partial charge is 0.346 e. The summed E-state index contributed by atoms with van der Waals surface area (Å²) in [6, 6.07) is 0. The van der Waals surface area contributed by atoms with E-state index in [1.165, 1.54) is 7.05 Å². The van der Waals surface area contributed by atoms with Crippen molar-refractivity contribution in [1.82, 2.24) is 0 Å². The first-order valence-corrected chi connectivity index (χ1v) is 2.02. The summed E-state index contributed by atoms with van der Waals surface area (Å²) in [4.78, 5) is 12.5. The molecule has 0 spiro atoms. The predicted octanol–water partition coefficient (Wildman–Crippen LogP) is -0.750. The summed E-state index contributed by atoms with van der Waals surface area (Å²) in [5, 5.41) is 9.76. The first-order chi connectivity index (χ1) is 3.72. The van der Waals surface area contributed by atoms with Gasteiger partial charge in [0.25, 0.3) is 0 Å². The molecule has 8 heavy (non-hydrogen) atoms. The van der Waals surface area contributed by atoms with E-state index in [0.717, 1.165) is 0 Å².